The third kappa shape index (κ3) is 4.75. The second kappa shape index (κ2) is 8.48. The Morgan fingerprint density at radius 1 is 1.09 bits per heavy atom. The summed E-state index contributed by atoms with van der Waals surface area (Å²) in [5.74, 6) is 2.01. The van der Waals surface area contributed by atoms with Gasteiger partial charge in [0.15, 0.2) is 5.65 Å². The third-order valence-corrected chi connectivity index (χ3v) is 7.32. The van der Waals surface area contributed by atoms with Crippen molar-refractivity contribution in [1.29, 1.82) is 0 Å². The molecule has 0 bridgehead atoms. The summed E-state index contributed by atoms with van der Waals surface area (Å²) in [7, 11) is 1.66. The fourth-order valence-corrected chi connectivity index (χ4v) is 5.40. The average molecular weight is 497 g/mol. The molecule has 1 aromatic carbocycles. The molecular weight excluding hydrogens is 472 g/mol. The minimum Gasteiger partial charge on any atom is -0.339 e. The van der Waals surface area contributed by atoms with Crippen molar-refractivity contribution in [2.75, 3.05) is 26.7 Å². The highest BCUT2D eigenvalue weighted by molar-refractivity contribution is 5.70. The van der Waals surface area contributed by atoms with Crippen molar-refractivity contribution in [3.05, 3.63) is 59.0 Å². The van der Waals surface area contributed by atoms with Crippen LogP contribution in [-0.2, 0) is 18.9 Å². The first-order valence-corrected chi connectivity index (χ1v) is 11.4. The molecule has 2 aromatic heterocycles. The number of alkyl halides is 6. The SMILES string of the molecule is CC(c1nc2ncccc2[nH]1)N1C[C@@H]2C(CN(C)Cc3cc(C(F)(F)F)ccc3C(F)(F)F)[C@@H]2C1. The Morgan fingerprint density at radius 3 is 2.43 bits per heavy atom. The van der Waals surface area contributed by atoms with E-state index in [1.807, 2.05) is 12.1 Å². The molecule has 3 heterocycles. The molecule has 2 fully saturated rings. The molecule has 1 aliphatic carbocycles. The van der Waals surface area contributed by atoms with E-state index >= 15 is 0 Å². The summed E-state index contributed by atoms with van der Waals surface area (Å²) in [6.45, 7) is 4.13. The Labute approximate surface area is 198 Å². The van der Waals surface area contributed by atoms with Gasteiger partial charge in [-0.3, -0.25) is 4.90 Å². The van der Waals surface area contributed by atoms with Gasteiger partial charge in [-0.1, -0.05) is 0 Å². The molecule has 35 heavy (non-hydrogen) atoms. The molecule has 0 amide bonds. The molecule has 0 radical (unpaired) electrons. The molecule has 5 rings (SSSR count). The summed E-state index contributed by atoms with van der Waals surface area (Å²) in [5.41, 5.74) is -0.886. The van der Waals surface area contributed by atoms with E-state index in [0.29, 0.717) is 48.1 Å². The van der Waals surface area contributed by atoms with E-state index in [4.69, 9.17) is 0 Å². The molecule has 2 aliphatic rings. The number of hydrogen-bond acceptors (Lipinski definition) is 4. The van der Waals surface area contributed by atoms with Crippen LogP contribution in [-0.4, -0.2) is 51.4 Å². The summed E-state index contributed by atoms with van der Waals surface area (Å²) in [4.78, 5) is 16.2. The van der Waals surface area contributed by atoms with Crippen LogP contribution in [0.4, 0.5) is 26.3 Å². The fraction of sp³-hybridized carbons (Fsp3) is 0.500. The van der Waals surface area contributed by atoms with E-state index in [0.717, 1.165) is 24.4 Å². The van der Waals surface area contributed by atoms with E-state index in [2.05, 4.69) is 26.8 Å². The number of halogens is 6. The van der Waals surface area contributed by atoms with Crippen molar-refractivity contribution >= 4 is 11.2 Å². The summed E-state index contributed by atoms with van der Waals surface area (Å²) in [6.07, 6.45) is -7.71. The van der Waals surface area contributed by atoms with Crippen molar-refractivity contribution in [1.82, 2.24) is 24.8 Å². The maximum absolute atomic E-state index is 13.4. The molecule has 1 aliphatic heterocycles. The number of benzene rings is 1. The van der Waals surface area contributed by atoms with Crippen LogP contribution in [0.15, 0.2) is 36.5 Å². The van der Waals surface area contributed by atoms with E-state index in [9.17, 15) is 26.3 Å². The number of imidazole rings is 1. The van der Waals surface area contributed by atoms with Gasteiger partial charge < -0.3 is 9.88 Å². The van der Waals surface area contributed by atoms with E-state index in [-0.39, 0.29) is 18.2 Å². The molecule has 1 saturated heterocycles. The lowest BCUT2D eigenvalue weighted by molar-refractivity contribution is -0.142. The molecule has 1 N–H and O–H groups in total. The number of rotatable bonds is 6. The minimum atomic E-state index is -4.71. The first kappa shape index (κ1) is 24.1. The van der Waals surface area contributed by atoms with E-state index < -0.39 is 23.5 Å². The summed E-state index contributed by atoms with van der Waals surface area (Å²) in [6, 6.07) is 5.50. The van der Waals surface area contributed by atoms with Crippen molar-refractivity contribution in [3.63, 3.8) is 0 Å². The van der Waals surface area contributed by atoms with Gasteiger partial charge in [-0.2, -0.15) is 26.3 Å². The van der Waals surface area contributed by atoms with Gasteiger partial charge in [0, 0.05) is 32.4 Å². The number of aromatic nitrogens is 3. The molecule has 1 saturated carbocycles. The minimum absolute atomic E-state index is 0.0785. The van der Waals surface area contributed by atoms with Gasteiger partial charge in [-0.05, 0) is 67.6 Å². The number of H-pyrrole nitrogens is 1. The summed E-state index contributed by atoms with van der Waals surface area (Å²) in [5, 5.41) is 0. The molecule has 11 heteroatoms. The second-order valence-electron chi connectivity index (χ2n) is 9.68. The number of likely N-dealkylation sites (tertiary alicyclic amines) is 1. The van der Waals surface area contributed by atoms with Gasteiger partial charge in [-0.15, -0.1) is 0 Å². The lowest BCUT2D eigenvalue weighted by Crippen LogP contribution is -2.31. The Hall–Kier alpha value is -2.66. The quantitative estimate of drug-likeness (QED) is 0.466. The molecular formula is C24H25F6N5. The fourth-order valence-electron chi connectivity index (χ4n) is 5.40. The second-order valence-corrected chi connectivity index (χ2v) is 9.68. The molecule has 3 aromatic rings. The van der Waals surface area contributed by atoms with Gasteiger partial charge in [0.1, 0.15) is 5.82 Å². The smallest absolute Gasteiger partial charge is 0.339 e. The lowest BCUT2D eigenvalue weighted by atomic mass is 10.0. The van der Waals surface area contributed by atoms with Crippen LogP contribution in [0.2, 0.25) is 0 Å². The largest absolute Gasteiger partial charge is 0.416 e. The van der Waals surface area contributed by atoms with Crippen LogP contribution in [0.1, 0.15) is 35.5 Å². The number of nitrogens with zero attached hydrogens (tertiary/aromatic N) is 4. The Kier molecular flexibility index (Phi) is 5.83. The summed E-state index contributed by atoms with van der Waals surface area (Å²) >= 11 is 0. The van der Waals surface area contributed by atoms with Crippen LogP contribution in [0.25, 0.3) is 11.2 Å². The first-order valence-electron chi connectivity index (χ1n) is 11.4. The number of fused-ring (bicyclic) bond motifs is 2. The normalized spacial score (nSPS) is 23.7. The monoisotopic (exact) mass is 497 g/mol. The van der Waals surface area contributed by atoms with E-state index in [1.165, 1.54) is 0 Å². The molecule has 4 atom stereocenters. The Morgan fingerprint density at radius 2 is 1.80 bits per heavy atom. The number of hydrogen-bond donors (Lipinski definition) is 1. The maximum atomic E-state index is 13.4. The van der Waals surface area contributed by atoms with Gasteiger partial charge >= 0.3 is 12.4 Å². The standard InChI is InChI=1S/C24H25F6N5/c1-13(21-32-20-4-3-7-31-22(20)33-21)35-11-17-16(18(17)12-35)10-34(2)9-14-8-15(23(25,26)27)5-6-19(14)24(28,29)30/h3-8,13,16-18H,9-12H2,1-2H3,(H,31,32,33)/t13?,16?,17-,18+. The zero-order valence-corrected chi connectivity index (χ0v) is 19.2. The van der Waals surface area contributed by atoms with Crippen LogP contribution in [0.3, 0.4) is 0 Å². The molecule has 2 unspecified atom stereocenters. The highest BCUT2D eigenvalue weighted by atomic mass is 19.4. The van der Waals surface area contributed by atoms with Gasteiger partial charge in [0.25, 0.3) is 0 Å². The topological polar surface area (TPSA) is 48.1 Å². The first-order chi connectivity index (χ1) is 16.4. The number of piperidine rings is 1. The molecule has 0 spiro atoms. The highest BCUT2D eigenvalue weighted by Crippen LogP contribution is 2.53. The van der Waals surface area contributed by atoms with Crippen molar-refractivity contribution in [2.45, 2.75) is 31.9 Å². The zero-order valence-electron chi connectivity index (χ0n) is 19.2. The van der Waals surface area contributed by atoms with Gasteiger partial charge in [0.05, 0.1) is 22.7 Å². The molecule has 5 nitrogen and oxygen atoms in total. The van der Waals surface area contributed by atoms with Crippen molar-refractivity contribution in [3.8, 4) is 0 Å². The van der Waals surface area contributed by atoms with Crippen LogP contribution >= 0.6 is 0 Å². The average Bonchev–Trinajstić information content (AvgIpc) is 3.14. The van der Waals surface area contributed by atoms with Crippen LogP contribution < -0.4 is 0 Å². The van der Waals surface area contributed by atoms with Crippen LogP contribution in [0.5, 0.6) is 0 Å². The highest BCUT2D eigenvalue weighted by Gasteiger charge is 2.56. The van der Waals surface area contributed by atoms with Gasteiger partial charge in [-0.25, -0.2) is 9.97 Å². The van der Waals surface area contributed by atoms with Crippen LogP contribution in [0, 0.1) is 17.8 Å². The maximum Gasteiger partial charge on any atom is 0.416 e. The predicted molar refractivity (Wildman–Crippen MR) is 117 cm³/mol. The summed E-state index contributed by atoms with van der Waals surface area (Å²) < 4.78 is 79.5. The van der Waals surface area contributed by atoms with E-state index in [1.54, 1.807) is 18.1 Å². The number of aromatic amines is 1. The van der Waals surface area contributed by atoms with Crippen molar-refractivity contribution in [2.24, 2.45) is 17.8 Å². The predicted octanol–water partition coefficient (Wildman–Crippen LogP) is 5.37. The number of pyridine rings is 1. The molecule has 188 valence electrons. The third-order valence-electron chi connectivity index (χ3n) is 7.32. The Bertz CT molecular complexity index is 1170. The zero-order chi connectivity index (χ0) is 25.1. The number of nitrogens with one attached hydrogen (secondary N) is 1. The van der Waals surface area contributed by atoms with Gasteiger partial charge in [0.2, 0.25) is 0 Å². The Balaban J connectivity index is 1.20. The van der Waals surface area contributed by atoms with Crippen molar-refractivity contribution < 1.29 is 26.3 Å². The lowest BCUT2D eigenvalue weighted by Gasteiger charge is -2.26.